The van der Waals surface area contributed by atoms with Gasteiger partial charge in [-0.2, -0.15) is 0 Å². The third-order valence-electron chi connectivity index (χ3n) is 5.38. The van der Waals surface area contributed by atoms with Crippen LogP contribution >= 0.6 is 0 Å². The van der Waals surface area contributed by atoms with Crippen molar-refractivity contribution in [3.05, 3.63) is 41.7 Å². The van der Waals surface area contributed by atoms with Crippen LogP contribution in [-0.2, 0) is 4.79 Å². The molecular formula is C23H28FN3O5. The molecule has 1 amide bonds. The first-order valence-corrected chi connectivity index (χ1v) is 10.2. The van der Waals surface area contributed by atoms with Crippen molar-refractivity contribution in [1.82, 2.24) is 4.90 Å². The minimum Gasteiger partial charge on any atom is -0.493 e. The average molecular weight is 445 g/mol. The molecule has 172 valence electrons. The molecule has 1 heterocycles. The topological polar surface area (TPSA) is 80.3 Å². The fourth-order valence-corrected chi connectivity index (χ4v) is 3.69. The molecule has 2 aromatic carbocycles. The molecule has 1 aliphatic heterocycles. The van der Waals surface area contributed by atoms with Crippen LogP contribution in [-0.4, -0.2) is 70.6 Å². The van der Waals surface area contributed by atoms with Gasteiger partial charge >= 0.3 is 0 Å². The second kappa shape index (κ2) is 10.3. The molecule has 1 aliphatic rings. The monoisotopic (exact) mass is 445 g/mol. The summed E-state index contributed by atoms with van der Waals surface area (Å²) in [5, 5.41) is 2.86. The number of hydrogen-bond acceptors (Lipinski definition) is 7. The first-order valence-electron chi connectivity index (χ1n) is 10.2. The largest absolute Gasteiger partial charge is 0.493 e. The Balaban J connectivity index is 1.58. The number of amides is 1. The van der Waals surface area contributed by atoms with Gasteiger partial charge in [0, 0.05) is 49.6 Å². The Bertz CT molecular complexity index is 965. The number of nitrogens with one attached hydrogen (secondary N) is 1. The minimum absolute atomic E-state index is 0.168. The summed E-state index contributed by atoms with van der Waals surface area (Å²) in [4.78, 5) is 27.9. The lowest BCUT2D eigenvalue weighted by Gasteiger charge is -2.35. The van der Waals surface area contributed by atoms with E-state index in [0.29, 0.717) is 60.4 Å². The highest BCUT2D eigenvalue weighted by Gasteiger charge is 2.22. The molecular weight excluding hydrogens is 417 g/mol. The number of methoxy groups -OCH3 is 3. The fraction of sp³-hybridized carbons (Fsp3) is 0.391. The van der Waals surface area contributed by atoms with Crippen LogP contribution in [0.5, 0.6) is 17.2 Å². The van der Waals surface area contributed by atoms with Crippen LogP contribution in [0.1, 0.15) is 17.3 Å². The Kier molecular flexibility index (Phi) is 7.53. The zero-order valence-corrected chi connectivity index (χ0v) is 18.7. The van der Waals surface area contributed by atoms with Gasteiger partial charge in [-0.1, -0.05) is 0 Å². The second-order valence-electron chi connectivity index (χ2n) is 7.45. The number of hydrogen-bond donors (Lipinski definition) is 1. The van der Waals surface area contributed by atoms with Crippen LogP contribution in [0.25, 0.3) is 0 Å². The molecule has 8 nitrogen and oxygen atoms in total. The molecule has 0 radical (unpaired) electrons. The van der Waals surface area contributed by atoms with Gasteiger partial charge in [0.2, 0.25) is 11.7 Å². The van der Waals surface area contributed by atoms with E-state index in [0.717, 1.165) is 0 Å². The van der Waals surface area contributed by atoms with Crippen LogP contribution in [0, 0.1) is 5.82 Å². The number of ketones is 1. The first-order chi connectivity index (χ1) is 15.4. The zero-order valence-electron chi connectivity index (χ0n) is 18.7. The highest BCUT2D eigenvalue weighted by molar-refractivity contribution is 5.94. The molecule has 2 aromatic rings. The summed E-state index contributed by atoms with van der Waals surface area (Å²) >= 11 is 0. The van der Waals surface area contributed by atoms with E-state index in [2.05, 4.69) is 5.32 Å². The number of halogens is 1. The van der Waals surface area contributed by atoms with Crippen LogP contribution < -0.4 is 24.4 Å². The SMILES string of the molecule is COc1cc(NC(=O)CN2CCN(c3ccc(C(C)=O)cc3F)CC2)cc(OC)c1OC. The lowest BCUT2D eigenvalue weighted by atomic mass is 10.1. The Morgan fingerprint density at radius 2 is 1.59 bits per heavy atom. The summed E-state index contributed by atoms with van der Waals surface area (Å²) in [5.41, 5.74) is 1.36. The van der Waals surface area contributed by atoms with Gasteiger partial charge in [-0.3, -0.25) is 14.5 Å². The van der Waals surface area contributed by atoms with E-state index in [4.69, 9.17) is 14.2 Å². The number of ether oxygens (including phenoxy) is 3. The minimum atomic E-state index is -0.411. The number of rotatable bonds is 8. The van der Waals surface area contributed by atoms with Crippen molar-refractivity contribution >= 4 is 23.1 Å². The molecule has 0 atom stereocenters. The number of carbonyl (C=O) groups excluding carboxylic acids is 2. The van der Waals surface area contributed by atoms with E-state index in [9.17, 15) is 14.0 Å². The normalized spacial score (nSPS) is 14.1. The predicted molar refractivity (Wildman–Crippen MR) is 120 cm³/mol. The smallest absolute Gasteiger partial charge is 0.238 e. The summed E-state index contributed by atoms with van der Waals surface area (Å²) < 4.78 is 30.3. The molecule has 9 heteroatoms. The van der Waals surface area contributed by atoms with E-state index >= 15 is 0 Å². The van der Waals surface area contributed by atoms with Gasteiger partial charge in [0.1, 0.15) is 5.82 Å². The molecule has 0 saturated carbocycles. The van der Waals surface area contributed by atoms with Gasteiger partial charge in [0.25, 0.3) is 0 Å². The molecule has 0 unspecified atom stereocenters. The highest BCUT2D eigenvalue weighted by atomic mass is 19.1. The summed E-state index contributed by atoms with van der Waals surface area (Å²) in [6, 6.07) is 7.89. The standard InChI is InChI=1S/C23H28FN3O5/c1-15(28)16-5-6-19(18(24)11-16)27-9-7-26(8-10-27)14-22(29)25-17-12-20(30-2)23(32-4)21(13-17)31-3/h5-6,11-13H,7-10,14H2,1-4H3,(H,25,29). The van der Waals surface area contributed by atoms with Crippen molar-refractivity contribution in [3.8, 4) is 17.2 Å². The van der Waals surface area contributed by atoms with Gasteiger partial charge in [0.15, 0.2) is 17.3 Å². The molecule has 1 N–H and O–H groups in total. The van der Waals surface area contributed by atoms with Gasteiger partial charge in [0.05, 0.1) is 33.6 Å². The van der Waals surface area contributed by atoms with E-state index in [1.165, 1.54) is 34.3 Å². The molecule has 0 spiro atoms. The van der Waals surface area contributed by atoms with E-state index in [1.807, 2.05) is 9.80 Å². The molecule has 1 fully saturated rings. The van der Waals surface area contributed by atoms with Crippen molar-refractivity contribution in [2.24, 2.45) is 0 Å². The third kappa shape index (κ3) is 5.28. The molecule has 3 rings (SSSR count). The number of piperazine rings is 1. The average Bonchev–Trinajstić information content (AvgIpc) is 2.78. The Hall–Kier alpha value is -3.33. The summed E-state index contributed by atoms with van der Waals surface area (Å²) in [7, 11) is 4.54. The van der Waals surface area contributed by atoms with Crippen LogP contribution in [0.3, 0.4) is 0 Å². The molecule has 0 aromatic heterocycles. The lowest BCUT2D eigenvalue weighted by Crippen LogP contribution is -2.48. The van der Waals surface area contributed by atoms with Gasteiger partial charge in [-0.25, -0.2) is 4.39 Å². The maximum Gasteiger partial charge on any atom is 0.238 e. The van der Waals surface area contributed by atoms with Crippen molar-refractivity contribution in [2.45, 2.75) is 6.92 Å². The maximum absolute atomic E-state index is 14.4. The Morgan fingerprint density at radius 1 is 0.969 bits per heavy atom. The summed E-state index contributed by atoms with van der Waals surface area (Å²) in [6.07, 6.45) is 0. The number of Topliss-reactive ketones (excluding diaryl/α,β-unsaturated/α-hetero) is 1. The van der Waals surface area contributed by atoms with E-state index < -0.39 is 5.82 Å². The number of benzene rings is 2. The lowest BCUT2D eigenvalue weighted by molar-refractivity contribution is -0.117. The number of nitrogens with zero attached hydrogens (tertiary/aromatic N) is 2. The van der Waals surface area contributed by atoms with Crippen molar-refractivity contribution in [2.75, 3.05) is 64.3 Å². The summed E-state index contributed by atoms with van der Waals surface area (Å²) in [5.74, 6) is 0.601. The maximum atomic E-state index is 14.4. The van der Waals surface area contributed by atoms with Crippen molar-refractivity contribution < 1.29 is 28.2 Å². The van der Waals surface area contributed by atoms with Gasteiger partial charge < -0.3 is 24.4 Å². The van der Waals surface area contributed by atoms with Crippen molar-refractivity contribution in [3.63, 3.8) is 0 Å². The van der Waals surface area contributed by atoms with E-state index in [1.54, 1.807) is 24.3 Å². The van der Waals surface area contributed by atoms with Crippen LogP contribution in [0.15, 0.2) is 30.3 Å². The van der Waals surface area contributed by atoms with E-state index in [-0.39, 0.29) is 18.2 Å². The highest BCUT2D eigenvalue weighted by Crippen LogP contribution is 2.39. The number of carbonyl (C=O) groups is 2. The van der Waals surface area contributed by atoms with Gasteiger partial charge in [-0.05, 0) is 25.1 Å². The first kappa shape index (κ1) is 23.3. The molecule has 0 aliphatic carbocycles. The molecule has 32 heavy (non-hydrogen) atoms. The Morgan fingerprint density at radius 3 is 2.09 bits per heavy atom. The van der Waals surface area contributed by atoms with Crippen LogP contribution in [0.2, 0.25) is 0 Å². The quantitative estimate of drug-likeness (QED) is 0.626. The van der Waals surface area contributed by atoms with Crippen molar-refractivity contribution in [1.29, 1.82) is 0 Å². The second-order valence-corrected chi connectivity index (χ2v) is 7.45. The Labute approximate surface area is 186 Å². The predicted octanol–water partition coefficient (Wildman–Crippen LogP) is 2.81. The number of anilines is 2. The summed E-state index contributed by atoms with van der Waals surface area (Å²) in [6.45, 7) is 3.99. The third-order valence-corrected chi connectivity index (χ3v) is 5.38. The van der Waals surface area contributed by atoms with Gasteiger partial charge in [-0.15, -0.1) is 0 Å². The fourth-order valence-electron chi connectivity index (χ4n) is 3.69. The van der Waals surface area contributed by atoms with Crippen LogP contribution in [0.4, 0.5) is 15.8 Å². The zero-order chi connectivity index (χ0) is 23.3. The molecule has 0 bridgehead atoms. The molecule has 1 saturated heterocycles.